The van der Waals surface area contributed by atoms with E-state index in [4.69, 9.17) is 0 Å². The van der Waals surface area contributed by atoms with Crippen LogP contribution >= 0.6 is 11.3 Å². The number of likely N-dealkylation sites (N-methyl/N-ethyl adjacent to an activating group) is 2. The molecule has 8 heteroatoms. The molecule has 2 rings (SSSR count). The van der Waals surface area contributed by atoms with Gasteiger partial charge in [-0.05, 0) is 49.6 Å². The number of carbonyl (C=O) groups excluding carboxylic acids is 3. The quantitative estimate of drug-likeness (QED) is 0.549. The van der Waals surface area contributed by atoms with Crippen LogP contribution in [0.3, 0.4) is 0 Å². The molecule has 0 saturated carbocycles. The van der Waals surface area contributed by atoms with E-state index < -0.39 is 0 Å². The van der Waals surface area contributed by atoms with Gasteiger partial charge in [-0.25, -0.2) is 0 Å². The summed E-state index contributed by atoms with van der Waals surface area (Å²) in [7, 11) is 0. The van der Waals surface area contributed by atoms with Crippen LogP contribution in [0.15, 0.2) is 41.8 Å². The summed E-state index contributed by atoms with van der Waals surface area (Å²) < 4.78 is 0. The summed E-state index contributed by atoms with van der Waals surface area (Å²) in [6.07, 6.45) is 0. The van der Waals surface area contributed by atoms with Crippen LogP contribution < -0.4 is 15.5 Å². The van der Waals surface area contributed by atoms with Crippen molar-refractivity contribution < 1.29 is 19.3 Å². The standard InChI is InChI=1S/C21H28N4O3S/c1-4-24(15-21(28)25(5-2)13-19-7-6-12-29-19)14-20(27)23-18-10-8-17(9-11-18)22-16(3)26/h6-12H,4-5,13-15H2,1-3H3,(H,22,26)(H,23,27)/p+1. The molecule has 0 radical (unpaired) electrons. The van der Waals surface area contributed by atoms with Gasteiger partial charge in [0.05, 0.1) is 13.1 Å². The molecule has 0 fully saturated rings. The van der Waals surface area contributed by atoms with E-state index in [1.807, 2.05) is 36.3 Å². The van der Waals surface area contributed by atoms with Crippen LogP contribution in [-0.4, -0.2) is 48.8 Å². The molecular formula is C21H29N4O3S+. The third-order valence-corrected chi connectivity index (χ3v) is 5.32. The van der Waals surface area contributed by atoms with Gasteiger partial charge < -0.3 is 20.4 Å². The van der Waals surface area contributed by atoms with E-state index in [1.165, 1.54) is 6.92 Å². The predicted octanol–water partition coefficient (Wildman–Crippen LogP) is 1.60. The van der Waals surface area contributed by atoms with Gasteiger partial charge in [-0.2, -0.15) is 0 Å². The smallest absolute Gasteiger partial charge is 0.279 e. The summed E-state index contributed by atoms with van der Waals surface area (Å²) in [6.45, 7) is 7.80. The van der Waals surface area contributed by atoms with E-state index in [9.17, 15) is 14.4 Å². The van der Waals surface area contributed by atoms with Gasteiger partial charge in [-0.3, -0.25) is 14.4 Å². The van der Waals surface area contributed by atoms with Gasteiger partial charge in [-0.15, -0.1) is 11.3 Å². The van der Waals surface area contributed by atoms with E-state index in [0.717, 1.165) is 9.78 Å². The van der Waals surface area contributed by atoms with Crippen LogP contribution in [0, 0.1) is 0 Å². The van der Waals surface area contributed by atoms with Crippen molar-refractivity contribution in [2.75, 3.05) is 36.8 Å². The normalized spacial score (nSPS) is 11.6. The Balaban J connectivity index is 1.86. The molecule has 1 heterocycles. The number of amides is 3. The molecule has 156 valence electrons. The van der Waals surface area contributed by atoms with Gasteiger partial charge in [0, 0.05) is 29.7 Å². The van der Waals surface area contributed by atoms with Crippen LogP contribution in [0.5, 0.6) is 0 Å². The van der Waals surface area contributed by atoms with E-state index in [1.54, 1.807) is 35.6 Å². The lowest BCUT2D eigenvalue weighted by molar-refractivity contribution is -0.882. The highest BCUT2D eigenvalue weighted by atomic mass is 32.1. The third-order valence-electron chi connectivity index (χ3n) is 4.46. The minimum Gasteiger partial charge on any atom is -0.333 e. The molecule has 1 aromatic heterocycles. The fraction of sp³-hybridized carbons (Fsp3) is 0.381. The lowest BCUT2D eigenvalue weighted by Crippen LogP contribution is -3.13. The molecule has 0 aliphatic heterocycles. The van der Waals surface area contributed by atoms with Crippen LogP contribution in [0.2, 0.25) is 0 Å². The Hall–Kier alpha value is -2.71. The van der Waals surface area contributed by atoms with E-state index >= 15 is 0 Å². The Kier molecular flexibility index (Phi) is 8.82. The Labute approximate surface area is 175 Å². The molecule has 3 N–H and O–H groups in total. The molecular weight excluding hydrogens is 388 g/mol. The van der Waals surface area contributed by atoms with Gasteiger partial charge in [0.25, 0.3) is 11.8 Å². The van der Waals surface area contributed by atoms with Crippen molar-refractivity contribution in [3.63, 3.8) is 0 Å². The number of hydrogen-bond acceptors (Lipinski definition) is 4. The molecule has 3 amide bonds. The summed E-state index contributed by atoms with van der Waals surface area (Å²) in [4.78, 5) is 40.0. The molecule has 0 aliphatic rings. The van der Waals surface area contributed by atoms with Crippen molar-refractivity contribution in [1.29, 1.82) is 0 Å². The number of rotatable bonds is 10. The average Bonchev–Trinajstić information content (AvgIpc) is 3.19. The summed E-state index contributed by atoms with van der Waals surface area (Å²) >= 11 is 1.64. The Morgan fingerprint density at radius 3 is 2.17 bits per heavy atom. The topological polar surface area (TPSA) is 83.0 Å². The highest BCUT2D eigenvalue weighted by Crippen LogP contribution is 2.13. The van der Waals surface area contributed by atoms with Gasteiger partial charge >= 0.3 is 0 Å². The van der Waals surface area contributed by atoms with E-state index in [0.29, 0.717) is 31.0 Å². The van der Waals surface area contributed by atoms with Gasteiger partial charge in [0.2, 0.25) is 5.91 Å². The number of hydrogen-bond donors (Lipinski definition) is 3. The van der Waals surface area contributed by atoms with Crippen molar-refractivity contribution >= 4 is 40.4 Å². The number of anilines is 2. The SMILES string of the molecule is CCN(Cc1cccs1)C(=O)C[NH+](CC)CC(=O)Nc1ccc(NC(C)=O)cc1. The zero-order valence-electron chi connectivity index (χ0n) is 17.2. The van der Waals surface area contributed by atoms with Crippen LogP contribution in [0.25, 0.3) is 0 Å². The lowest BCUT2D eigenvalue weighted by Gasteiger charge is -2.23. The van der Waals surface area contributed by atoms with Crippen LogP contribution in [0.1, 0.15) is 25.6 Å². The Morgan fingerprint density at radius 1 is 1.00 bits per heavy atom. The van der Waals surface area contributed by atoms with Crippen molar-refractivity contribution in [3.8, 4) is 0 Å². The Morgan fingerprint density at radius 2 is 1.66 bits per heavy atom. The zero-order valence-corrected chi connectivity index (χ0v) is 18.0. The zero-order chi connectivity index (χ0) is 21.2. The average molecular weight is 418 g/mol. The maximum absolute atomic E-state index is 12.7. The number of carbonyl (C=O) groups is 3. The second-order valence-electron chi connectivity index (χ2n) is 6.75. The van der Waals surface area contributed by atoms with Crippen molar-refractivity contribution in [2.24, 2.45) is 0 Å². The first-order valence-corrected chi connectivity index (χ1v) is 10.6. The molecule has 2 aromatic rings. The summed E-state index contributed by atoms with van der Waals surface area (Å²) in [5.74, 6) is -0.248. The second-order valence-corrected chi connectivity index (χ2v) is 7.78. The molecule has 0 spiro atoms. The predicted molar refractivity (Wildman–Crippen MR) is 116 cm³/mol. The third kappa shape index (κ3) is 7.67. The Bertz CT molecular complexity index is 806. The number of nitrogens with one attached hydrogen (secondary N) is 3. The maximum atomic E-state index is 12.7. The van der Waals surface area contributed by atoms with Crippen molar-refractivity contribution in [3.05, 3.63) is 46.7 Å². The number of benzene rings is 1. The van der Waals surface area contributed by atoms with Gasteiger partial charge in [0.15, 0.2) is 13.1 Å². The molecule has 0 bridgehead atoms. The van der Waals surface area contributed by atoms with Crippen molar-refractivity contribution in [2.45, 2.75) is 27.3 Å². The summed E-state index contributed by atoms with van der Waals surface area (Å²) in [6, 6.07) is 10.9. The molecule has 7 nitrogen and oxygen atoms in total. The summed E-state index contributed by atoms with van der Waals surface area (Å²) in [5.41, 5.74) is 1.33. The second kappa shape index (κ2) is 11.3. The number of quaternary nitrogens is 1. The largest absolute Gasteiger partial charge is 0.333 e. The number of nitrogens with zero attached hydrogens (tertiary/aromatic N) is 1. The first-order chi connectivity index (χ1) is 13.9. The fourth-order valence-electron chi connectivity index (χ4n) is 2.88. The minimum atomic E-state index is -0.150. The molecule has 1 unspecified atom stereocenters. The maximum Gasteiger partial charge on any atom is 0.279 e. The number of thiophene rings is 1. The van der Waals surface area contributed by atoms with Crippen LogP contribution in [-0.2, 0) is 20.9 Å². The summed E-state index contributed by atoms with van der Waals surface area (Å²) in [5, 5.41) is 7.53. The lowest BCUT2D eigenvalue weighted by atomic mass is 10.2. The molecule has 29 heavy (non-hydrogen) atoms. The first-order valence-electron chi connectivity index (χ1n) is 9.72. The fourth-order valence-corrected chi connectivity index (χ4v) is 3.60. The molecule has 0 saturated heterocycles. The molecule has 1 atom stereocenters. The van der Waals surface area contributed by atoms with Crippen LogP contribution in [0.4, 0.5) is 11.4 Å². The van der Waals surface area contributed by atoms with E-state index in [-0.39, 0.29) is 30.8 Å². The highest BCUT2D eigenvalue weighted by Gasteiger charge is 2.21. The first kappa shape index (κ1) is 22.6. The molecule has 1 aromatic carbocycles. The highest BCUT2D eigenvalue weighted by molar-refractivity contribution is 7.09. The van der Waals surface area contributed by atoms with E-state index in [2.05, 4.69) is 10.6 Å². The van der Waals surface area contributed by atoms with Gasteiger partial charge in [0.1, 0.15) is 0 Å². The van der Waals surface area contributed by atoms with Gasteiger partial charge in [-0.1, -0.05) is 6.07 Å². The molecule has 0 aliphatic carbocycles. The van der Waals surface area contributed by atoms with Crippen molar-refractivity contribution in [1.82, 2.24) is 4.90 Å². The monoisotopic (exact) mass is 417 g/mol. The minimum absolute atomic E-state index is 0.0465.